The number of nitrogens with zero attached hydrogens (tertiary/aromatic N) is 2. The third-order valence-electron chi connectivity index (χ3n) is 3.80. The molecule has 3 rings (SSSR count). The number of benzene rings is 2. The summed E-state index contributed by atoms with van der Waals surface area (Å²) in [6.07, 6.45) is 0.0315. The van der Waals surface area contributed by atoms with Crippen molar-refractivity contribution in [3.05, 3.63) is 53.6 Å². The van der Waals surface area contributed by atoms with E-state index >= 15 is 0 Å². The molecule has 8 heteroatoms. The van der Waals surface area contributed by atoms with E-state index < -0.39 is 17.7 Å². The van der Waals surface area contributed by atoms with Crippen molar-refractivity contribution in [1.82, 2.24) is 4.98 Å². The largest absolute Gasteiger partial charge is 0.320 e. The smallest absolute Gasteiger partial charge is 0.243 e. The molecule has 4 nitrogen and oxygen atoms in total. The SMILES string of the molecule is [B]c1nc2cc(N(C)C(=O)C(N)Cc3cc(F)cc(F)c3)ccc2s1. The molecule has 0 bridgehead atoms. The Hall–Kier alpha value is -2.32. The Bertz CT molecular complexity index is 927. The number of hydrogen-bond donors (Lipinski definition) is 1. The fraction of sp³-hybridized carbons (Fsp3) is 0.176. The van der Waals surface area contributed by atoms with Gasteiger partial charge in [-0.2, -0.15) is 0 Å². The summed E-state index contributed by atoms with van der Waals surface area (Å²) in [5, 5.41) is 0. The molecule has 0 saturated carbocycles. The Labute approximate surface area is 148 Å². The van der Waals surface area contributed by atoms with Crippen LogP contribution in [0.3, 0.4) is 0 Å². The Morgan fingerprint density at radius 3 is 2.64 bits per heavy atom. The van der Waals surface area contributed by atoms with E-state index in [-0.39, 0.29) is 12.3 Å². The van der Waals surface area contributed by atoms with Crippen LogP contribution in [0.1, 0.15) is 5.56 Å². The lowest BCUT2D eigenvalue weighted by Crippen LogP contribution is -2.43. The zero-order valence-electron chi connectivity index (χ0n) is 13.4. The minimum Gasteiger partial charge on any atom is -0.320 e. The van der Waals surface area contributed by atoms with E-state index in [2.05, 4.69) is 4.98 Å². The third-order valence-corrected chi connectivity index (χ3v) is 4.67. The van der Waals surface area contributed by atoms with E-state index in [1.807, 2.05) is 6.07 Å². The van der Waals surface area contributed by atoms with Gasteiger partial charge in [-0.25, -0.2) is 8.78 Å². The van der Waals surface area contributed by atoms with E-state index in [4.69, 9.17) is 13.6 Å². The van der Waals surface area contributed by atoms with Gasteiger partial charge in [-0.15, -0.1) is 11.3 Å². The van der Waals surface area contributed by atoms with Gasteiger partial charge in [-0.05, 0) is 42.3 Å². The Balaban J connectivity index is 1.77. The molecule has 0 aliphatic heterocycles. The van der Waals surface area contributed by atoms with Crippen LogP contribution in [0.4, 0.5) is 14.5 Å². The highest BCUT2D eigenvalue weighted by atomic mass is 32.1. The maximum Gasteiger partial charge on any atom is 0.243 e. The van der Waals surface area contributed by atoms with Crippen LogP contribution in [0.5, 0.6) is 0 Å². The highest BCUT2D eigenvalue weighted by molar-refractivity contribution is 7.25. The van der Waals surface area contributed by atoms with Crippen molar-refractivity contribution in [3.63, 3.8) is 0 Å². The van der Waals surface area contributed by atoms with Gasteiger partial charge in [-0.3, -0.25) is 9.78 Å². The molecule has 1 unspecified atom stereocenters. The summed E-state index contributed by atoms with van der Waals surface area (Å²) in [4.78, 5) is 18.6. The number of likely N-dealkylation sites (N-methyl/N-ethyl adjacent to an activating group) is 1. The highest BCUT2D eigenvalue weighted by Gasteiger charge is 2.20. The van der Waals surface area contributed by atoms with E-state index in [1.165, 1.54) is 28.4 Å². The van der Waals surface area contributed by atoms with Crippen molar-refractivity contribution >= 4 is 45.9 Å². The fourth-order valence-corrected chi connectivity index (χ4v) is 3.30. The van der Waals surface area contributed by atoms with Gasteiger partial charge in [0.25, 0.3) is 0 Å². The zero-order chi connectivity index (χ0) is 18.1. The second-order valence-electron chi connectivity index (χ2n) is 5.69. The summed E-state index contributed by atoms with van der Waals surface area (Å²) in [5.74, 6) is -1.77. The standard InChI is InChI=1S/C17H14BF2N3OS/c1-23(12-2-3-15-14(8-12)22-17(18)25-15)16(24)13(21)6-9-4-10(19)7-11(20)5-9/h2-5,7-8,13H,6,21H2,1H3. The predicted octanol–water partition coefficient (Wildman–Crippen LogP) is 1.90. The Morgan fingerprint density at radius 1 is 1.28 bits per heavy atom. The minimum absolute atomic E-state index is 0.0315. The van der Waals surface area contributed by atoms with Gasteiger partial charge in [0, 0.05) is 23.7 Å². The summed E-state index contributed by atoms with van der Waals surface area (Å²) >= 11 is 1.36. The lowest BCUT2D eigenvalue weighted by Gasteiger charge is -2.21. The third kappa shape index (κ3) is 3.86. The second kappa shape index (κ2) is 6.89. The van der Waals surface area contributed by atoms with Crippen LogP contribution in [0, 0.1) is 11.6 Å². The number of nitrogens with two attached hydrogens (primary N) is 1. The summed E-state index contributed by atoms with van der Waals surface area (Å²) in [7, 11) is 7.27. The summed E-state index contributed by atoms with van der Waals surface area (Å²) in [6, 6.07) is 7.53. The van der Waals surface area contributed by atoms with Crippen molar-refractivity contribution in [2.24, 2.45) is 5.73 Å². The molecule has 0 aliphatic rings. The van der Waals surface area contributed by atoms with Gasteiger partial charge in [0.05, 0.1) is 16.3 Å². The Morgan fingerprint density at radius 2 is 1.96 bits per heavy atom. The zero-order valence-corrected chi connectivity index (χ0v) is 14.2. The maximum absolute atomic E-state index is 13.3. The molecule has 25 heavy (non-hydrogen) atoms. The maximum atomic E-state index is 13.3. The summed E-state index contributed by atoms with van der Waals surface area (Å²) in [6.45, 7) is 0. The first-order valence-electron chi connectivity index (χ1n) is 7.47. The van der Waals surface area contributed by atoms with Crippen LogP contribution in [0.2, 0.25) is 0 Å². The highest BCUT2D eigenvalue weighted by Crippen LogP contribution is 2.23. The Kier molecular flexibility index (Phi) is 4.83. The van der Waals surface area contributed by atoms with Gasteiger partial charge >= 0.3 is 0 Å². The number of aromatic nitrogens is 1. The number of anilines is 1. The quantitative estimate of drug-likeness (QED) is 0.726. The van der Waals surface area contributed by atoms with Gasteiger partial charge in [-0.1, -0.05) is 0 Å². The van der Waals surface area contributed by atoms with Crippen molar-refractivity contribution < 1.29 is 13.6 Å². The number of fused-ring (bicyclic) bond motifs is 1. The molecule has 0 fully saturated rings. The summed E-state index contributed by atoms with van der Waals surface area (Å²) < 4.78 is 27.4. The average molecular weight is 357 g/mol. The van der Waals surface area contributed by atoms with Gasteiger partial charge < -0.3 is 10.6 Å². The number of thiazole rings is 1. The van der Waals surface area contributed by atoms with Crippen LogP contribution in [-0.4, -0.2) is 31.8 Å². The molecule has 0 spiro atoms. The van der Waals surface area contributed by atoms with Crippen LogP contribution < -0.4 is 15.5 Å². The second-order valence-corrected chi connectivity index (χ2v) is 6.75. The van der Waals surface area contributed by atoms with E-state index in [9.17, 15) is 13.6 Å². The topological polar surface area (TPSA) is 59.2 Å². The molecule has 2 aromatic carbocycles. The lowest BCUT2D eigenvalue weighted by atomic mass is 10.0. The number of halogens is 2. The van der Waals surface area contributed by atoms with Crippen LogP contribution >= 0.6 is 11.3 Å². The minimum atomic E-state index is -0.928. The molecule has 0 aliphatic carbocycles. The molecular formula is C17H14BF2N3OS. The number of hydrogen-bond acceptors (Lipinski definition) is 4. The van der Waals surface area contributed by atoms with Crippen molar-refractivity contribution in [2.75, 3.05) is 11.9 Å². The fourth-order valence-electron chi connectivity index (χ4n) is 2.59. The molecular weight excluding hydrogens is 343 g/mol. The molecule has 1 atom stereocenters. The molecule has 1 aromatic heterocycles. The molecule has 126 valence electrons. The molecule has 3 aromatic rings. The number of amides is 1. The predicted molar refractivity (Wildman–Crippen MR) is 96.5 cm³/mol. The molecule has 2 radical (unpaired) electrons. The van der Waals surface area contributed by atoms with Crippen LogP contribution in [0.25, 0.3) is 10.2 Å². The first-order chi connectivity index (χ1) is 11.8. The van der Waals surface area contributed by atoms with Crippen LogP contribution in [0.15, 0.2) is 36.4 Å². The van der Waals surface area contributed by atoms with Crippen molar-refractivity contribution in [1.29, 1.82) is 0 Å². The average Bonchev–Trinajstić information content (AvgIpc) is 2.91. The number of carbonyl (C=O) groups excluding carboxylic acids is 1. The van der Waals surface area contributed by atoms with E-state index in [1.54, 1.807) is 19.2 Å². The number of carbonyl (C=O) groups is 1. The monoisotopic (exact) mass is 357 g/mol. The first-order valence-corrected chi connectivity index (χ1v) is 8.29. The molecule has 1 heterocycles. The van der Waals surface area contributed by atoms with Crippen LogP contribution in [-0.2, 0) is 11.2 Å². The van der Waals surface area contributed by atoms with Crippen molar-refractivity contribution in [3.8, 4) is 0 Å². The lowest BCUT2D eigenvalue weighted by molar-refractivity contribution is -0.119. The van der Waals surface area contributed by atoms with E-state index in [0.717, 1.165) is 10.8 Å². The molecule has 0 saturated heterocycles. The van der Waals surface area contributed by atoms with Crippen molar-refractivity contribution in [2.45, 2.75) is 12.5 Å². The molecule has 1 amide bonds. The van der Waals surface area contributed by atoms with E-state index in [0.29, 0.717) is 21.7 Å². The normalized spacial score (nSPS) is 12.3. The van der Waals surface area contributed by atoms with Gasteiger partial charge in [0.1, 0.15) is 11.6 Å². The number of rotatable bonds is 4. The first kappa shape index (κ1) is 17.5. The summed E-state index contributed by atoms with van der Waals surface area (Å²) in [5.41, 5.74) is 7.57. The van der Waals surface area contributed by atoms with Gasteiger partial charge in [0.2, 0.25) is 5.91 Å². The molecule has 2 N–H and O–H groups in total. The van der Waals surface area contributed by atoms with Gasteiger partial charge in [0.15, 0.2) is 7.85 Å².